The average Bonchev–Trinajstić information content (AvgIpc) is 3.75. The number of rotatable bonds is 14. The lowest BCUT2D eigenvalue weighted by atomic mass is 9.42. The highest BCUT2D eigenvalue weighted by Crippen LogP contribution is 2.80. The fourth-order valence-corrected chi connectivity index (χ4v) is 13.9. The number of anilines is 1. The Balaban J connectivity index is 0.000000387. The molecule has 8 rings (SSSR count). The lowest BCUT2D eigenvalue weighted by Crippen LogP contribution is -2.82. The standard InChI is InChI=1S/C37H50N2O10.C6H8O7/c1-7-38-17-34(18-49-32(42)20-10-8-9-11-23(20)39-26(40)14-19(2)31(39)41)13-12-25(46-4)36-22-15-21-24(45-3)16-35(43,27(22)28(21)47-5)37(44,33(36)38)30(48-6)29(34)36;7-3(8)1-6(13,5(11)12)2-4(9)10/h8-11,19,21-22,24-25,27-30,33,43-44H,7,12-18H2,1-6H3;13H,1-2H2,(H,7,8)(H,9,10)(H,11,12)/t19-,21-,22+,24-,25-,27+,28-,29+,30-,33-,34-,35+,36-,37+;/m0./s1. The predicted molar refractivity (Wildman–Crippen MR) is 212 cm³/mol. The van der Waals surface area contributed by atoms with Crippen LogP contribution in [0.2, 0.25) is 0 Å². The van der Waals surface area contributed by atoms with Crippen molar-refractivity contribution in [1.82, 2.24) is 4.90 Å². The van der Waals surface area contributed by atoms with Crippen LogP contribution in [0.4, 0.5) is 5.69 Å². The Kier molecular flexibility index (Phi) is 12.0. The van der Waals surface area contributed by atoms with Crippen molar-refractivity contribution in [3.05, 3.63) is 29.8 Å². The highest BCUT2D eigenvalue weighted by molar-refractivity contribution is 6.22. The van der Waals surface area contributed by atoms with E-state index in [1.165, 1.54) is 0 Å². The van der Waals surface area contributed by atoms with E-state index in [2.05, 4.69) is 11.8 Å². The third-order valence-corrected chi connectivity index (χ3v) is 15.8. The highest BCUT2D eigenvalue weighted by Gasteiger charge is 2.91. The Morgan fingerprint density at radius 2 is 1.60 bits per heavy atom. The maximum atomic E-state index is 14.1. The summed E-state index contributed by atoms with van der Waals surface area (Å²) in [7, 11) is 6.70. The van der Waals surface area contributed by atoms with Gasteiger partial charge in [0.1, 0.15) is 11.2 Å². The van der Waals surface area contributed by atoms with Crippen molar-refractivity contribution in [3.8, 4) is 0 Å². The monoisotopic (exact) mass is 874 g/mol. The first-order valence-electron chi connectivity index (χ1n) is 21.0. The Morgan fingerprint density at radius 1 is 0.935 bits per heavy atom. The fourth-order valence-electron chi connectivity index (χ4n) is 13.9. The first-order valence-corrected chi connectivity index (χ1v) is 21.0. The van der Waals surface area contributed by atoms with Gasteiger partial charge in [-0.25, -0.2) is 14.5 Å². The molecule has 342 valence electrons. The van der Waals surface area contributed by atoms with Crippen molar-refractivity contribution < 1.29 is 83.1 Å². The zero-order chi connectivity index (χ0) is 45.5. The second-order valence-electron chi connectivity index (χ2n) is 18.4. The van der Waals surface area contributed by atoms with Crippen LogP contribution in [-0.4, -0.2) is 167 Å². The molecule has 5 saturated carbocycles. The first-order chi connectivity index (χ1) is 29.2. The third kappa shape index (κ3) is 6.28. The molecule has 14 atom stereocenters. The average molecular weight is 875 g/mol. The molecule has 7 aliphatic rings. The van der Waals surface area contributed by atoms with Gasteiger partial charge in [0.15, 0.2) is 5.60 Å². The van der Waals surface area contributed by atoms with Gasteiger partial charge < -0.3 is 54.3 Å². The van der Waals surface area contributed by atoms with E-state index >= 15 is 0 Å². The Bertz CT molecular complexity index is 1980. The van der Waals surface area contributed by atoms with Crippen LogP contribution >= 0.6 is 0 Å². The smallest absolute Gasteiger partial charge is 0.340 e. The lowest BCUT2D eigenvalue weighted by molar-refractivity contribution is -0.320. The largest absolute Gasteiger partial charge is 0.481 e. The molecule has 0 radical (unpaired) electrons. The van der Waals surface area contributed by atoms with Gasteiger partial charge in [0.25, 0.3) is 0 Å². The van der Waals surface area contributed by atoms with Crippen LogP contribution in [-0.2, 0) is 47.7 Å². The maximum absolute atomic E-state index is 14.1. The lowest BCUT2D eigenvalue weighted by Gasteiger charge is -2.70. The van der Waals surface area contributed by atoms with Crippen LogP contribution in [0.1, 0.15) is 69.2 Å². The number of fused-ring (bicyclic) bond motifs is 2. The molecule has 7 bridgehead atoms. The topological polar surface area (TPSA) is 276 Å². The summed E-state index contributed by atoms with van der Waals surface area (Å²) in [6.45, 7) is 4.95. The first kappa shape index (κ1) is 45.9. The summed E-state index contributed by atoms with van der Waals surface area (Å²) >= 11 is 0. The number of amides is 2. The number of likely N-dealkylation sites (tertiary alicyclic amines) is 1. The molecule has 19 heteroatoms. The number of esters is 1. The van der Waals surface area contributed by atoms with Gasteiger partial charge in [0.2, 0.25) is 11.8 Å². The molecule has 2 heterocycles. The quantitative estimate of drug-likeness (QED) is 0.111. The van der Waals surface area contributed by atoms with Gasteiger partial charge >= 0.3 is 23.9 Å². The van der Waals surface area contributed by atoms with Gasteiger partial charge in [0.05, 0.1) is 61.2 Å². The highest BCUT2D eigenvalue weighted by atomic mass is 16.5. The number of hydrogen-bond donors (Lipinski definition) is 6. The van der Waals surface area contributed by atoms with Gasteiger partial charge in [-0.3, -0.25) is 24.1 Å². The zero-order valence-electron chi connectivity index (χ0n) is 35.7. The Morgan fingerprint density at radius 3 is 2.13 bits per heavy atom. The van der Waals surface area contributed by atoms with Crippen molar-refractivity contribution in [3.63, 3.8) is 0 Å². The molecule has 1 aromatic carbocycles. The number of aliphatic carboxylic acids is 3. The molecule has 2 amide bonds. The second-order valence-corrected chi connectivity index (χ2v) is 18.4. The number of para-hydroxylation sites is 1. The summed E-state index contributed by atoms with van der Waals surface area (Å²) in [5, 5.41) is 60.4. The third-order valence-electron chi connectivity index (χ3n) is 15.8. The van der Waals surface area contributed by atoms with Crippen molar-refractivity contribution >= 4 is 41.4 Å². The summed E-state index contributed by atoms with van der Waals surface area (Å²) in [6, 6.07) is 6.12. The number of ether oxygens (including phenoxy) is 5. The predicted octanol–water partition coefficient (Wildman–Crippen LogP) is 0.787. The van der Waals surface area contributed by atoms with Gasteiger partial charge in [-0.2, -0.15) is 0 Å². The molecule has 7 fully saturated rings. The summed E-state index contributed by atoms with van der Waals surface area (Å²) in [5.41, 5.74) is -6.91. The Hall–Kier alpha value is -4.08. The number of piperidine rings is 1. The number of carbonyl (C=O) groups excluding carboxylic acids is 3. The van der Waals surface area contributed by atoms with E-state index in [1.807, 2.05) is 0 Å². The van der Waals surface area contributed by atoms with E-state index in [0.29, 0.717) is 25.9 Å². The number of carbonyl (C=O) groups is 6. The van der Waals surface area contributed by atoms with Gasteiger partial charge in [-0.1, -0.05) is 26.0 Å². The number of aliphatic hydroxyl groups is 3. The fraction of sp³-hybridized carbons (Fsp3) is 0.721. The minimum absolute atomic E-state index is 0.0358. The number of benzene rings is 1. The molecule has 1 aromatic rings. The van der Waals surface area contributed by atoms with E-state index < -0.39 is 82.4 Å². The second kappa shape index (κ2) is 16.2. The number of nitrogens with zero attached hydrogens (tertiary/aromatic N) is 2. The summed E-state index contributed by atoms with van der Waals surface area (Å²) in [4.78, 5) is 73.8. The molecule has 2 aliphatic heterocycles. The van der Waals surface area contributed by atoms with E-state index in [9.17, 15) is 39.0 Å². The molecule has 1 spiro atoms. The number of imide groups is 1. The molecular weight excluding hydrogens is 816 g/mol. The Labute approximate surface area is 358 Å². The number of methoxy groups -OCH3 is 4. The van der Waals surface area contributed by atoms with Gasteiger partial charge in [-0.05, 0) is 43.9 Å². The minimum atomic E-state index is -2.74. The summed E-state index contributed by atoms with van der Waals surface area (Å²) in [5.74, 6) is -7.49. The SMILES string of the molecule is CCN1C[C@]2(COC(=O)c3ccccc3N3C(=O)C[C@H](C)C3=O)CC[C@H](OC)[C@@]34[C@@H]5C[C@@H]6[C@H](OC)[C@@H]5[C@](O)(C[C@@H]6OC)[C@@](O)([C@@H](OC)[C@H]23)[C@@H]14.O=C(O)CC(O)(CC(=O)O)C(=O)O. The van der Waals surface area contributed by atoms with Crippen LogP contribution < -0.4 is 4.90 Å². The van der Waals surface area contributed by atoms with Crippen LogP contribution in [0.15, 0.2) is 24.3 Å². The van der Waals surface area contributed by atoms with Crippen molar-refractivity contribution in [1.29, 1.82) is 0 Å². The van der Waals surface area contributed by atoms with Crippen molar-refractivity contribution in [2.45, 2.75) is 106 Å². The van der Waals surface area contributed by atoms with Crippen LogP contribution in [0, 0.1) is 40.4 Å². The van der Waals surface area contributed by atoms with Crippen LogP contribution in [0.3, 0.4) is 0 Å². The van der Waals surface area contributed by atoms with Crippen molar-refractivity contribution in [2.24, 2.45) is 40.4 Å². The van der Waals surface area contributed by atoms with E-state index in [1.54, 1.807) is 59.6 Å². The number of likely N-dealkylation sites (N-methyl/N-ethyl adjacent to an activating group) is 1. The zero-order valence-corrected chi connectivity index (χ0v) is 35.7. The molecule has 5 aliphatic carbocycles. The molecule has 0 unspecified atom stereocenters. The van der Waals surface area contributed by atoms with E-state index in [4.69, 9.17) is 44.1 Å². The van der Waals surface area contributed by atoms with E-state index in [-0.39, 0.29) is 84.5 Å². The molecule has 62 heavy (non-hydrogen) atoms. The van der Waals surface area contributed by atoms with E-state index in [0.717, 1.165) is 11.3 Å². The van der Waals surface area contributed by atoms with Crippen LogP contribution in [0.25, 0.3) is 0 Å². The van der Waals surface area contributed by atoms with Crippen LogP contribution in [0.5, 0.6) is 0 Å². The maximum Gasteiger partial charge on any atom is 0.340 e. The normalized spacial score (nSPS) is 40.2. The molecule has 6 N–H and O–H groups in total. The number of hydrogen-bond acceptors (Lipinski definition) is 15. The van der Waals surface area contributed by atoms with Gasteiger partial charge in [-0.15, -0.1) is 0 Å². The number of carboxylic acids is 3. The minimum Gasteiger partial charge on any atom is -0.481 e. The molecular formula is C43H58N2O17. The summed E-state index contributed by atoms with van der Waals surface area (Å²) in [6.07, 6.45) is -1.48. The number of carboxylic acid groups (broad SMARTS) is 3. The summed E-state index contributed by atoms with van der Waals surface area (Å²) < 4.78 is 31.4. The molecule has 19 nitrogen and oxygen atoms in total. The van der Waals surface area contributed by atoms with Gasteiger partial charge in [0, 0.05) is 82.3 Å². The molecule has 2 saturated heterocycles. The van der Waals surface area contributed by atoms with Crippen molar-refractivity contribution in [2.75, 3.05) is 53.0 Å². The molecule has 0 aromatic heterocycles.